The van der Waals surface area contributed by atoms with Crippen molar-refractivity contribution in [3.8, 4) is 0 Å². The van der Waals surface area contributed by atoms with Gasteiger partial charge in [-0.05, 0) is 51.1 Å². The molecule has 4 heteroatoms. The number of unbranched alkanes of at least 4 members (excludes halogenated alkanes) is 2. The topological polar surface area (TPSA) is 28.1 Å². The Morgan fingerprint density at radius 1 is 1.09 bits per heavy atom. The summed E-state index contributed by atoms with van der Waals surface area (Å²) in [5.41, 5.74) is 2.66. The Labute approximate surface area is 142 Å². The summed E-state index contributed by atoms with van der Waals surface area (Å²) in [6.45, 7) is 8.89. The highest BCUT2D eigenvalue weighted by atomic mass is 16.6. The number of rotatable bonds is 8. The van der Waals surface area contributed by atoms with Gasteiger partial charge < -0.3 is 14.6 Å². The zero-order chi connectivity index (χ0) is 16.3. The Bertz CT molecular complexity index is 384. The lowest BCUT2D eigenvalue weighted by Gasteiger charge is -2.32. The molecule has 4 nitrogen and oxygen atoms in total. The third-order valence-electron chi connectivity index (χ3n) is 4.91. The number of piperazine rings is 1. The lowest BCUT2D eigenvalue weighted by molar-refractivity contribution is 0.110. The average molecular weight is 322 g/mol. The van der Waals surface area contributed by atoms with Crippen LogP contribution in [0.15, 0.2) is 16.8 Å². The standard InChI is InChI=1S/C19H35N3O/c1-3-4-5-9-18-10-6-7-11-19(18)20-23-17-8-12-22-15-13-21(2)14-16-22/h9H,3-8,10-17H2,1-2H3. The van der Waals surface area contributed by atoms with Crippen molar-refractivity contribution in [1.29, 1.82) is 0 Å². The Hall–Kier alpha value is -0.870. The Kier molecular flexibility index (Phi) is 8.69. The molecule has 2 rings (SSSR count). The van der Waals surface area contributed by atoms with Gasteiger partial charge >= 0.3 is 0 Å². The van der Waals surface area contributed by atoms with Crippen LogP contribution in [0.3, 0.4) is 0 Å². The third kappa shape index (κ3) is 7.05. The van der Waals surface area contributed by atoms with E-state index in [0.29, 0.717) is 0 Å². The molecule has 0 unspecified atom stereocenters. The summed E-state index contributed by atoms with van der Waals surface area (Å²) in [7, 11) is 2.20. The second-order valence-corrected chi connectivity index (χ2v) is 6.95. The molecule has 0 N–H and O–H groups in total. The molecule has 1 heterocycles. The second-order valence-electron chi connectivity index (χ2n) is 6.95. The van der Waals surface area contributed by atoms with E-state index in [9.17, 15) is 0 Å². The Morgan fingerprint density at radius 3 is 2.65 bits per heavy atom. The van der Waals surface area contributed by atoms with E-state index in [0.717, 1.165) is 26.0 Å². The molecular weight excluding hydrogens is 286 g/mol. The summed E-state index contributed by atoms with van der Waals surface area (Å²) in [5.74, 6) is 0. The maximum absolute atomic E-state index is 5.63. The number of allylic oxidation sites excluding steroid dienone is 2. The van der Waals surface area contributed by atoms with Crippen LogP contribution in [-0.4, -0.2) is 61.9 Å². The summed E-state index contributed by atoms with van der Waals surface area (Å²) in [4.78, 5) is 10.6. The van der Waals surface area contributed by atoms with Crippen molar-refractivity contribution >= 4 is 5.71 Å². The molecular formula is C19H35N3O. The zero-order valence-corrected chi connectivity index (χ0v) is 15.2. The molecule has 1 aliphatic carbocycles. The second kappa shape index (κ2) is 10.8. The van der Waals surface area contributed by atoms with Gasteiger partial charge in [0.1, 0.15) is 6.61 Å². The van der Waals surface area contributed by atoms with Gasteiger partial charge in [-0.15, -0.1) is 0 Å². The van der Waals surface area contributed by atoms with Crippen LogP contribution in [0.4, 0.5) is 0 Å². The van der Waals surface area contributed by atoms with E-state index >= 15 is 0 Å². The summed E-state index contributed by atoms with van der Waals surface area (Å²) >= 11 is 0. The predicted molar refractivity (Wildman–Crippen MR) is 98.0 cm³/mol. The normalized spacial score (nSPS) is 24.4. The van der Waals surface area contributed by atoms with Crippen LogP contribution >= 0.6 is 0 Å². The first kappa shape index (κ1) is 18.5. The van der Waals surface area contributed by atoms with Crippen molar-refractivity contribution in [2.24, 2.45) is 5.16 Å². The van der Waals surface area contributed by atoms with Crippen molar-refractivity contribution in [2.45, 2.75) is 58.3 Å². The Balaban J connectivity index is 1.65. The minimum absolute atomic E-state index is 0.748. The lowest BCUT2D eigenvalue weighted by Crippen LogP contribution is -2.44. The van der Waals surface area contributed by atoms with Crippen molar-refractivity contribution < 1.29 is 4.84 Å². The van der Waals surface area contributed by atoms with Gasteiger partial charge in [-0.1, -0.05) is 31.0 Å². The van der Waals surface area contributed by atoms with Crippen LogP contribution in [0.5, 0.6) is 0 Å². The van der Waals surface area contributed by atoms with Crippen LogP contribution in [0.2, 0.25) is 0 Å². The molecule has 0 aromatic carbocycles. The van der Waals surface area contributed by atoms with Gasteiger partial charge in [0.25, 0.3) is 0 Å². The van der Waals surface area contributed by atoms with Crippen LogP contribution in [0.25, 0.3) is 0 Å². The molecule has 0 aromatic heterocycles. The summed E-state index contributed by atoms with van der Waals surface area (Å²) in [5, 5.41) is 4.46. The highest BCUT2D eigenvalue weighted by molar-refractivity contribution is 6.00. The highest BCUT2D eigenvalue weighted by Gasteiger charge is 2.14. The van der Waals surface area contributed by atoms with Crippen molar-refractivity contribution in [2.75, 3.05) is 46.4 Å². The quantitative estimate of drug-likeness (QED) is 0.504. The number of likely N-dealkylation sites (N-methyl/N-ethyl adjacent to an activating group) is 1. The van der Waals surface area contributed by atoms with Gasteiger partial charge in [0.2, 0.25) is 0 Å². The predicted octanol–water partition coefficient (Wildman–Crippen LogP) is 3.69. The van der Waals surface area contributed by atoms with Gasteiger partial charge in [0.15, 0.2) is 0 Å². The van der Waals surface area contributed by atoms with Crippen LogP contribution in [0.1, 0.15) is 58.3 Å². The van der Waals surface area contributed by atoms with E-state index in [1.54, 1.807) is 0 Å². The van der Waals surface area contributed by atoms with Crippen LogP contribution in [-0.2, 0) is 4.84 Å². The molecule has 132 valence electrons. The number of hydrogen-bond donors (Lipinski definition) is 0. The molecule has 0 spiro atoms. The van der Waals surface area contributed by atoms with Gasteiger partial charge in [0.05, 0.1) is 5.71 Å². The van der Waals surface area contributed by atoms with E-state index < -0.39 is 0 Å². The molecule has 1 saturated carbocycles. The summed E-state index contributed by atoms with van der Waals surface area (Å²) < 4.78 is 0. The van der Waals surface area contributed by atoms with Gasteiger partial charge in [0, 0.05) is 32.7 Å². The minimum atomic E-state index is 0.748. The fourth-order valence-corrected chi connectivity index (χ4v) is 3.27. The van der Waals surface area contributed by atoms with E-state index in [1.807, 2.05) is 0 Å². The zero-order valence-electron chi connectivity index (χ0n) is 15.2. The fraction of sp³-hybridized carbons (Fsp3) is 0.842. The average Bonchev–Trinajstić information content (AvgIpc) is 2.58. The molecule has 0 atom stereocenters. The minimum Gasteiger partial charge on any atom is -0.396 e. The number of oxime groups is 1. The SMILES string of the molecule is CCCCC=C1CCCCC1=NOCCCN1CCN(C)CC1. The molecule has 2 fully saturated rings. The summed E-state index contributed by atoms with van der Waals surface area (Å²) in [6, 6.07) is 0. The fourth-order valence-electron chi connectivity index (χ4n) is 3.27. The van der Waals surface area contributed by atoms with E-state index in [1.165, 1.54) is 76.0 Å². The monoisotopic (exact) mass is 321 g/mol. The molecule has 1 saturated heterocycles. The van der Waals surface area contributed by atoms with Crippen molar-refractivity contribution in [3.63, 3.8) is 0 Å². The van der Waals surface area contributed by atoms with Gasteiger partial charge in [-0.25, -0.2) is 0 Å². The lowest BCUT2D eigenvalue weighted by atomic mass is 9.92. The smallest absolute Gasteiger partial charge is 0.118 e. The molecule has 23 heavy (non-hydrogen) atoms. The molecule has 0 bridgehead atoms. The van der Waals surface area contributed by atoms with Crippen molar-refractivity contribution in [1.82, 2.24) is 9.80 Å². The Morgan fingerprint density at radius 2 is 1.87 bits per heavy atom. The van der Waals surface area contributed by atoms with E-state index in [2.05, 4.69) is 35.0 Å². The van der Waals surface area contributed by atoms with E-state index in [-0.39, 0.29) is 0 Å². The summed E-state index contributed by atoms with van der Waals surface area (Å²) in [6.07, 6.45) is 12.1. The maximum Gasteiger partial charge on any atom is 0.118 e. The first-order chi connectivity index (χ1) is 11.3. The third-order valence-corrected chi connectivity index (χ3v) is 4.91. The van der Waals surface area contributed by atoms with Crippen molar-refractivity contribution in [3.05, 3.63) is 11.6 Å². The number of hydrogen-bond acceptors (Lipinski definition) is 4. The first-order valence-electron chi connectivity index (χ1n) is 9.58. The molecule has 1 aliphatic heterocycles. The largest absolute Gasteiger partial charge is 0.396 e. The molecule has 0 aromatic rings. The van der Waals surface area contributed by atoms with Gasteiger partial charge in [-0.2, -0.15) is 0 Å². The maximum atomic E-state index is 5.63. The molecule has 2 aliphatic rings. The molecule has 0 radical (unpaired) electrons. The van der Waals surface area contributed by atoms with Crippen LogP contribution in [0, 0.1) is 0 Å². The molecule has 0 amide bonds. The first-order valence-corrected chi connectivity index (χ1v) is 9.58. The number of nitrogens with zero attached hydrogens (tertiary/aromatic N) is 3. The van der Waals surface area contributed by atoms with Gasteiger partial charge in [-0.3, -0.25) is 0 Å². The van der Waals surface area contributed by atoms with Crippen LogP contribution < -0.4 is 0 Å². The van der Waals surface area contributed by atoms with E-state index in [4.69, 9.17) is 4.84 Å². The highest BCUT2D eigenvalue weighted by Crippen LogP contribution is 2.22.